The minimum Gasteiger partial charge on any atom is -0.323 e. The third-order valence-corrected chi connectivity index (χ3v) is 5.22. The van der Waals surface area contributed by atoms with Gasteiger partial charge in [0.25, 0.3) is 7.37 Å². The van der Waals surface area contributed by atoms with E-state index in [9.17, 15) is 9.36 Å². The molecule has 0 aromatic heterocycles. The van der Waals surface area contributed by atoms with Gasteiger partial charge in [0, 0.05) is 6.16 Å². The van der Waals surface area contributed by atoms with Crippen LogP contribution in [0.5, 0.6) is 0 Å². The second-order valence-electron chi connectivity index (χ2n) is 3.31. The lowest BCUT2D eigenvalue weighted by atomic mass is 10.2. The van der Waals surface area contributed by atoms with E-state index in [0.29, 0.717) is 0 Å². The van der Waals surface area contributed by atoms with Crippen LogP contribution in [0, 0.1) is 0 Å². The smallest absolute Gasteiger partial charge is 0.271 e. The molecule has 0 heterocycles. The van der Waals surface area contributed by atoms with Crippen molar-refractivity contribution in [1.82, 2.24) is 0 Å². The Morgan fingerprint density at radius 1 is 1.29 bits per heavy atom. The maximum atomic E-state index is 12.3. The van der Waals surface area contributed by atoms with Crippen LogP contribution in [0.4, 0.5) is 0 Å². The van der Waals surface area contributed by atoms with E-state index in [0.717, 1.165) is 0 Å². The lowest BCUT2D eigenvalue weighted by Gasteiger charge is -2.15. The van der Waals surface area contributed by atoms with E-state index >= 15 is 0 Å². The van der Waals surface area contributed by atoms with Crippen molar-refractivity contribution < 1.29 is 13.9 Å². The van der Waals surface area contributed by atoms with Crippen LogP contribution in [0.25, 0.3) is 0 Å². The van der Waals surface area contributed by atoms with Crippen molar-refractivity contribution in [3.05, 3.63) is 33.8 Å². The zero-order valence-electron chi connectivity index (χ0n) is 9.57. The minimum absolute atomic E-state index is 0.0782. The van der Waals surface area contributed by atoms with Crippen LogP contribution in [0.1, 0.15) is 24.2 Å². The molecule has 0 saturated heterocycles. The van der Waals surface area contributed by atoms with E-state index in [1.807, 2.05) is 0 Å². The maximum Gasteiger partial charge on any atom is 0.271 e. The van der Waals surface area contributed by atoms with Crippen molar-refractivity contribution >= 4 is 36.1 Å². The Morgan fingerprint density at radius 2 is 1.82 bits per heavy atom. The number of rotatable bonds is 5. The Kier molecular flexibility index (Phi) is 5.21. The zero-order chi connectivity index (χ0) is 13.1. The highest BCUT2D eigenvalue weighted by molar-refractivity contribution is 7.77. The molecule has 0 saturated carbocycles. The first-order valence-electron chi connectivity index (χ1n) is 5.18. The quantitative estimate of drug-likeness (QED) is 0.753. The van der Waals surface area contributed by atoms with Crippen LogP contribution in [0.15, 0.2) is 18.2 Å². The molecule has 0 radical (unpaired) electrons. The molecule has 17 heavy (non-hydrogen) atoms. The van der Waals surface area contributed by atoms with Crippen LogP contribution < -0.4 is 0 Å². The van der Waals surface area contributed by atoms with Crippen LogP contribution in [0.2, 0.25) is 10.0 Å². The van der Waals surface area contributed by atoms with E-state index in [-0.39, 0.29) is 28.4 Å². The van der Waals surface area contributed by atoms with Crippen LogP contribution in [-0.4, -0.2) is 18.3 Å². The molecular weight excluding hydrogens is 282 g/mol. The highest BCUT2D eigenvalue weighted by Gasteiger charge is 2.34. The Hall–Kier alpha value is -0.340. The molecule has 0 bridgehead atoms. The molecule has 0 aliphatic carbocycles. The molecule has 1 atom stereocenters. The molecule has 1 rings (SSSR count). The molecule has 0 aliphatic rings. The van der Waals surface area contributed by atoms with Gasteiger partial charge in [0.2, 0.25) is 5.52 Å². The van der Waals surface area contributed by atoms with Gasteiger partial charge in [-0.25, -0.2) is 0 Å². The summed E-state index contributed by atoms with van der Waals surface area (Å²) in [7, 11) is -3.37. The second-order valence-corrected chi connectivity index (χ2v) is 6.77. The SMILES string of the molecule is CCOP(=O)(CC)C(=O)c1c(Cl)cccc1Cl. The first-order chi connectivity index (χ1) is 7.96. The summed E-state index contributed by atoms with van der Waals surface area (Å²) >= 11 is 11.8. The first-order valence-corrected chi connectivity index (χ1v) is 7.75. The number of carbonyl (C=O) groups is 1. The zero-order valence-corrected chi connectivity index (χ0v) is 12.0. The van der Waals surface area contributed by atoms with Gasteiger partial charge in [-0.3, -0.25) is 9.36 Å². The third-order valence-electron chi connectivity index (χ3n) is 2.24. The van der Waals surface area contributed by atoms with Crippen molar-refractivity contribution in [2.75, 3.05) is 12.8 Å². The Balaban J connectivity index is 3.24. The van der Waals surface area contributed by atoms with Crippen molar-refractivity contribution in [2.45, 2.75) is 13.8 Å². The summed E-state index contributed by atoms with van der Waals surface area (Å²) in [4.78, 5) is 12.2. The van der Waals surface area contributed by atoms with Crippen molar-refractivity contribution in [3.63, 3.8) is 0 Å². The summed E-state index contributed by atoms with van der Waals surface area (Å²) in [5.74, 6) is 0. The summed E-state index contributed by atoms with van der Waals surface area (Å²) in [6.45, 7) is 3.53. The monoisotopic (exact) mass is 294 g/mol. The largest absolute Gasteiger partial charge is 0.323 e. The summed E-state index contributed by atoms with van der Waals surface area (Å²) in [5, 5.41) is 0.381. The van der Waals surface area contributed by atoms with E-state index in [2.05, 4.69) is 0 Å². The summed E-state index contributed by atoms with van der Waals surface area (Å²) in [6.07, 6.45) is 0.126. The molecule has 1 aromatic rings. The number of benzene rings is 1. The normalized spacial score (nSPS) is 14.4. The van der Waals surface area contributed by atoms with E-state index in [4.69, 9.17) is 27.7 Å². The van der Waals surface area contributed by atoms with Crippen molar-refractivity contribution in [2.24, 2.45) is 0 Å². The van der Waals surface area contributed by atoms with Gasteiger partial charge in [0.05, 0.1) is 22.2 Å². The molecular formula is C11H13Cl2O3P. The number of carbonyl (C=O) groups excluding carboxylic acids is 1. The summed E-state index contributed by atoms with van der Waals surface area (Å²) in [5.41, 5.74) is -0.535. The minimum atomic E-state index is -3.37. The van der Waals surface area contributed by atoms with Gasteiger partial charge in [0.15, 0.2) is 0 Å². The highest BCUT2D eigenvalue weighted by atomic mass is 35.5. The van der Waals surface area contributed by atoms with Gasteiger partial charge in [0.1, 0.15) is 0 Å². The Bertz CT molecular complexity index is 454. The number of hydrogen-bond donors (Lipinski definition) is 0. The van der Waals surface area contributed by atoms with Crippen molar-refractivity contribution in [1.29, 1.82) is 0 Å². The maximum absolute atomic E-state index is 12.3. The molecule has 0 spiro atoms. The molecule has 6 heteroatoms. The van der Waals surface area contributed by atoms with Gasteiger partial charge >= 0.3 is 0 Å². The van der Waals surface area contributed by atoms with Gasteiger partial charge in [-0.15, -0.1) is 0 Å². The highest BCUT2D eigenvalue weighted by Crippen LogP contribution is 2.51. The molecule has 0 fully saturated rings. The molecule has 0 aliphatic heterocycles. The summed E-state index contributed by atoms with van der Waals surface area (Å²) < 4.78 is 17.4. The van der Waals surface area contributed by atoms with Gasteiger partial charge in [-0.2, -0.15) is 0 Å². The van der Waals surface area contributed by atoms with Crippen LogP contribution in [0.3, 0.4) is 0 Å². The van der Waals surface area contributed by atoms with E-state index in [1.165, 1.54) is 12.1 Å². The predicted molar refractivity (Wildman–Crippen MR) is 70.6 cm³/mol. The first kappa shape index (κ1) is 14.7. The molecule has 1 unspecified atom stereocenters. The van der Waals surface area contributed by atoms with Crippen LogP contribution >= 0.6 is 30.6 Å². The van der Waals surface area contributed by atoms with Crippen LogP contribution in [-0.2, 0) is 9.09 Å². The number of halogens is 2. The molecule has 1 aromatic carbocycles. The van der Waals surface area contributed by atoms with E-state index < -0.39 is 12.9 Å². The van der Waals surface area contributed by atoms with Gasteiger partial charge < -0.3 is 4.52 Å². The molecule has 3 nitrogen and oxygen atoms in total. The lowest BCUT2D eigenvalue weighted by Crippen LogP contribution is -2.07. The average Bonchev–Trinajstić information content (AvgIpc) is 2.28. The lowest BCUT2D eigenvalue weighted by molar-refractivity contribution is 0.105. The fraction of sp³-hybridized carbons (Fsp3) is 0.364. The average molecular weight is 295 g/mol. The standard InChI is InChI=1S/C11H13Cl2O3P/c1-3-16-17(15,4-2)11(14)10-8(12)6-5-7-9(10)13/h5-7H,3-4H2,1-2H3. The molecule has 94 valence electrons. The summed E-state index contributed by atoms with van der Waals surface area (Å²) in [6, 6.07) is 4.69. The molecule has 0 N–H and O–H groups in total. The Morgan fingerprint density at radius 3 is 2.24 bits per heavy atom. The van der Waals surface area contributed by atoms with Gasteiger partial charge in [-0.05, 0) is 19.1 Å². The Labute approximate surface area is 111 Å². The fourth-order valence-electron chi connectivity index (χ4n) is 1.37. The van der Waals surface area contributed by atoms with Crippen molar-refractivity contribution in [3.8, 4) is 0 Å². The predicted octanol–water partition coefficient (Wildman–Crippen LogP) is 4.47. The third kappa shape index (κ3) is 3.11. The second kappa shape index (κ2) is 6.01. The molecule has 0 amide bonds. The van der Waals surface area contributed by atoms with E-state index in [1.54, 1.807) is 19.9 Å². The topological polar surface area (TPSA) is 43.4 Å². The number of hydrogen-bond acceptors (Lipinski definition) is 3. The van der Waals surface area contributed by atoms with Gasteiger partial charge in [-0.1, -0.05) is 36.2 Å². The fourth-order valence-corrected chi connectivity index (χ4v) is 3.66.